The highest BCUT2D eigenvalue weighted by molar-refractivity contribution is 6.55. The minimum absolute atomic E-state index is 0.202. The molecule has 0 aromatic heterocycles. The molecule has 0 heterocycles. The molecule has 2 aromatic rings. The maximum Gasteiger partial charge on any atom is 0.129 e. The second kappa shape index (κ2) is 11.3. The molecule has 162 valence electrons. The van der Waals surface area contributed by atoms with Gasteiger partial charge >= 0.3 is 0 Å². The first-order chi connectivity index (χ1) is 14.1. The van der Waals surface area contributed by atoms with Crippen LogP contribution >= 0.6 is 23.2 Å². The summed E-state index contributed by atoms with van der Waals surface area (Å²) >= 11 is 11.2. The molecular formula is C24H29Cl2NO3. The Bertz CT molecular complexity index is 850. The van der Waals surface area contributed by atoms with Gasteiger partial charge in [0.2, 0.25) is 0 Å². The lowest BCUT2D eigenvalue weighted by Gasteiger charge is -2.16. The van der Waals surface area contributed by atoms with Crippen LogP contribution in [0.5, 0.6) is 11.5 Å². The maximum absolute atomic E-state index is 5.79. The van der Waals surface area contributed by atoms with E-state index in [0.717, 1.165) is 17.2 Å². The van der Waals surface area contributed by atoms with E-state index in [1.165, 1.54) is 11.1 Å². The first-order valence-corrected chi connectivity index (χ1v) is 10.6. The zero-order valence-corrected chi connectivity index (χ0v) is 19.6. The third-order valence-electron chi connectivity index (χ3n) is 4.17. The standard InChI is InChI=1S/C24H29Cl2NO3/c1-17(27-30-24(3,4)5)16-29-22-12-8-20(9-13-22)18(2)19-6-10-21(11-7-19)28-15-14-23(25)26/h6-14,18H,15-16H2,1-5H3. The quantitative estimate of drug-likeness (QED) is 0.302. The number of oxime groups is 1. The van der Waals surface area contributed by atoms with Gasteiger partial charge in [-0.3, -0.25) is 0 Å². The van der Waals surface area contributed by atoms with Crippen molar-refractivity contribution in [1.82, 2.24) is 0 Å². The third kappa shape index (κ3) is 8.68. The van der Waals surface area contributed by atoms with Crippen molar-refractivity contribution >= 4 is 28.9 Å². The molecule has 2 rings (SSSR count). The van der Waals surface area contributed by atoms with Gasteiger partial charge in [-0.05, 0) is 69.2 Å². The second-order valence-corrected chi connectivity index (χ2v) is 8.99. The number of hydrogen-bond donors (Lipinski definition) is 0. The summed E-state index contributed by atoms with van der Waals surface area (Å²) < 4.78 is 11.6. The molecule has 0 saturated heterocycles. The van der Waals surface area contributed by atoms with Crippen molar-refractivity contribution in [1.29, 1.82) is 0 Å². The maximum atomic E-state index is 5.79. The number of hydrogen-bond acceptors (Lipinski definition) is 4. The lowest BCUT2D eigenvalue weighted by atomic mass is 9.93. The van der Waals surface area contributed by atoms with Crippen LogP contribution in [-0.2, 0) is 4.84 Å². The van der Waals surface area contributed by atoms with Gasteiger partial charge in [-0.1, -0.05) is 59.5 Å². The lowest BCUT2D eigenvalue weighted by molar-refractivity contribution is 0.0000985. The van der Waals surface area contributed by atoms with Crippen molar-refractivity contribution in [2.75, 3.05) is 13.2 Å². The third-order valence-corrected chi connectivity index (χ3v) is 4.48. The Morgan fingerprint density at radius 1 is 0.933 bits per heavy atom. The normalized spacial score (nSPS) is 12.8. The van der Waals surface area contributed by atoms with Gasteiger partial charge in [-0.2, -0.15) is 0 Å². The van der Waals surface area contributed by atoms with Crippen molar-refractivity contribution in [2.24, 2.45) is 5.16 Å². The van der Waals surface area contributed by atoms with Crippen LogP contribution < -0.4 is 9.47 Å². The van der Waals surface area contributed by atoms with E-state index in [1.54, 1.807) is 6.08 Å². The monoisotopic (exact) mass is 449 g/mol. The summed E-state index contributed by atoms with van der Waals surface area (Å²) in [6.07, 6.45) is 1.61. The number of rotatable bonds is 9. The molecule has 1 atom stereocenters. The van der Waals surface area contributed by atoms with E-state index < -0.39 is 0 Å². The SMILES string of the molecule is CC(COc1ccc(C(C)c2ccc(OCC=C(Cl)Cl)cc2)cc1)=NOC(C)(C)C. The Kier molecular flexibility index (Phi) is 9.07. The minimum atomic E-state index is -0.307. The Morgan fingerprint density at radius 3 is 1.90 bits per heavy atom. The van der Waals surface area contributed by atoms with Crippen molar-refractivity contribution < 1.29 is 14.3 Å². The average molecular weight is 450 g/mol. The van der Waals surface area contributed by atoms with Gasteiger partial charge in [-0.25, -0.2) is 0 Å². The first-order valence-electron chi connectivity index (χ1n) is 9.82. The fourth-order valence-electron chi connectivity index (χ4n) is 2.53. The van der Waals surface area contributed by atoms with E-state index in [2.05, 4.69) is 36.3 Å². The van der Waals surface area contributed by atoms with Crippen LogP contribution in [0.2, 0.25) is 0 Å². The number of ether oxygens (including phenoxy) is 2. The zero-order valence-electron chi connectivity index (χ0n) is 18.1. The number of halogens is 2. The van der Waals surface area contributed by atoms with Crippen LogP contribution in [-0.4, -0.2) is 24.5 Å². The van der Waals surface area contributed by atoms with Gasteiger partial charge in [0, 0.05) is 5.92 Å². The smallest absolute Gasteiger partial charge is 0.129 e. The van der Waals surface area contributed by atoms with Gasteiger partial charge in [0.05, 0.1) is 5.71 Å². The van der Waals surface area contributed by atoms with Crippen molar-refractivity contribution in [3.8, 4) is 11.5 Å². The van der Waals surface area contributed by atoms with E-state index in [0.29, 0.717) is 13.2 Å². The molecule has 0 bridgehead atoms. The molecule has 0 aliphatic carbocycles. The summed E-state index contributed by atoms with van der Waals surface area (Å²) in [5.41, 5.74) is 2.88. The predicted octanol–water partition coefficient (Wildman–Crippen LogP) is 7.11. The molecular weight excluding hydrogens is 421 g/mol. The summed E-state index contributed by atoms with van der Waals surface area (Å²) in [6.45, 7) is 10.7. The summed E-state index contributed by atoms with van der Waals surface area (Å²) in [4.78, 5) is 5.40. The molecule has 0 spiro atoms. The first kappa shape index (κ1) is 24.1. The molecule has 4 nitrogen and oxygen atoms in total. The van der Waals surface area contributed by atoms with Crippen LogP contribution in [0.3, 0.4) is 0 Å². The van der Waals surface area contributed by atoms with Gasteiger partial charge < -0.3 is 14.3 Å². The van der Waals surface area contributed by atoms with Crippen molar-refractivity contribution in [2.45, 2.75) is 46.1 Å². The Labute approximate surface area is 189 Å². The van der Waals surface area contributed by atoms with Gasteiger partial charge in [-0.15, -0.1) is 0 Å². The fraction of sp³-hybridized carbons (Fsp3) is 0.375. The van der Waals surface area contributed by atoms with E-state index in [1.807, 2.05) is 52.0 Å². The summed E-state index contributed by atoms with van der Waals surface area (Å²) in [5, 5.41) is 4.10. The van der Waals surface area contributed by atoms with Crippen molar-refractivity contribution in [3.05, 3.63) is 70.2 Å². The van der Waals surface area contributed by atoms with Gasteiger partial charge in [0.15, 0.2) is 0 Å². The van der Waals surface area contributed by atoms with Crippen LogP contribution in [0.25, 0.3) is 0 Å². The average Bonchev–Trinajstić information content (AvgIpc) is 2.70. The van der Waals surface area contributed by atoms with E-state index >= 15 is 0 Å². The molecule has 0 radical (unpaired) electrons. The van der Waals surface area contributed by atoms with Crippen LogP contribution in [0.1, 0.15) is 51.7 Å². The molecule has 0 fully saturated rings. The van der Waals surface area contributed by atoms with E-state index in [9.17, 15) is 0 Å². The molecule has 0 amide bonds. The van der Waals surface area contributed by atoms with Crippen LogP contribution in [0.4, 0.5) is 0 Å². The van der Waals surface area contributed by atoms with E-state index in [-0.39, 0.29) is 16.0 Å². The lowest BCUT2D eigenvalue weighted by Crippen LogP contribution is -2.18. The molecule has 1 unspecified atom stereocenters. The van der Waals surface area contributed by atoms with Gasteiger partial charge in [0.25, 0.3) is 0 Å². The second-order valence-electron chi connectivity index (χ2n) is 7.98. The molecule has 2 aromatic carbocycles. The molecule has 6 heteroatoms. The highest BCUT2D eigenvalue weighted by Crippen LogP contribution is 2.27. The van der Waals surface area contributed by atoms with Crippen LogP contribution in [0.15, 0.2) is 64.3 Å². The molecule has 0 saturated carbocycles. The number of nitrogens with zero attached hydrogens (tertiary/aromatic N) is 1. The van der Waals surface area contributed by atoms with Crippen LogP contribution in [0, 0.1) is 0 Å². The van der Waals surface area contributed by atoms with Gasteiger partial charge in [0.1, 0.15) is 34.8 Å². The summed E-state index contributed by atoms with van der Waals surface area (Å²) in [6, 6.07) is 16.1. The summed E-state index contributed by atoms with van der Waals surface area (Å²) in [7, 11) is 0. The molecule has 0 aliphatic rings. The highest BCUT2D eigenvalue weighted by Gasteiger charge is 2.11. The van der Waals surface area contributed by atoms with Crippen molar-refractivity contribution in [3.63, 3.8) is 0 Å². The summed E-state index contributed by atoms with van der Waals surface area (Å²) in [5.74, 6) is 1.81. The molecule has 0 N–H and O–H groups in total. The largest absolute Gasteiger partial charge is 0.489 e. The highest BCUT2D eigenvalue weighted by atomic mass is 35.5. The molecule has 0 aliphatic heterocycles. The molecule has 30 heavy (non-hydrogen) atoms. The fourth-order valence-corrected chi connectivity index (χ4v) is 2.65. The van der Waals surface area contributed by atoms with E-state index in [4.69, 9.17) is 37.5 Å². The zero-order chi connectivity index (χ0) is 22.1. The predicted molar refractivity (Wildman–Crippen MR) is 125 cm³/mol. The minimum Gasteiger partial charge on any atom is -0.489 e. The Hall–Kier alpha value is -2.17. The number of benzene rings is 2. The Morgan fingerprint density at radius 2 is 1.43 bits per heavy atom. The Balaban J connectivity index is 1.91. The topological polar surface area (TPSA) is 40.0 Å².